The Kier molecular flexibility index (Phi) is 3.81. The first-order valence-electron chi connectivity index (χ1n) is 6.49. The van der Waals surface area contributed by atoms with E-state index in [1.54, 1.807) is 0 Å². The van der Waals surface area contributed by atoms with Crippen molar-refractivity contribution in [3.8, 4) is 5.69 Å². The Hall–Kier alpha value is -1.32. The molecule has 102 valence electrons. The van der Waals surface area contributed by atoms with Crippen LogP contribution < -0.4 is 0 Å². The van der Waals surface area contributed by atoms with E-state index >= 15 is 0 Å². The van der Waals surface area contributed by atoms with Crippen LogP contribution in [0.15, 0.2) is 46.9 Å². The van der Waals surface area contributed by atoms with Crippen molar-refractivity contribution in [2.45, 2.75) is 13.3 Å². The number of para-hydroxylation sites is 1. The second kappa shape index (κ2) is 5.58. The molecule has 4 heteroatoms. The van der Waals surface area contributed by atoms with Crippen molar-refractivity contribution in [1.82, 2.24) is 9.55 Å². The van der Waals surface area contributed by atoms with Crippen LogP contribution in [0.4, 0.5) is 0 Å². The smallest absolute Gasteiger partial charge is 0.115 e. The van der Waals surface area contributed by atoms with Gasteiger partial charge in [-0.3, -0.25) is 4.57 Å². The van der Waals surface area contributed by atoms with Gasteiger partial charge in [-0.05, 0) is 36.8 Å². The molecule has 0 fully saturated rings. The van der Waals surface area contributed by atoms with E-state index < -0.39 is 0 Å². The molecule has 2 nitrogen and oxygen atoms in total. The monoisotopic (exact) mass is 348 g/mol. The molecule has 0 aliphatic rings. The van der Waals surface area contributed by atoms with Gasteiger partial charge in [0.1, 0.15) is 5.82 Å². The molecule has 0 N–H and O–H groups in total. The molecule has 0 radical (unpaired) electrons. The number of imidazole rings is 1. The summed E-state index contributed by atoms with van der Waals surface area (Å²) in [5.41, 5.74) is 4.49. The van der Waals surface area contributed by atoms with Crippen LogP contribution in [0.3, 0.4) is 0 Å². The zero-order chi connectivity index (χ0) is 14.1. The third-order valence-electron chi connectivity index (χ3n) is 3.36. The Balaban J connectivity index is 2.34. The highest BCUT2D eigenvalue weighted by Crippen LogP contribution is 2.26. The van der Waals surface area contributed by atoms with Crippen LogP contribution in [0.5, 0.6) is 0 Å². The van der Waals surface area contributed by atoms with Crippen LogP contribution >= 0.6 is 27.5 Å². The van der Waals surface area contributed by atoms with Crippen molar-refractivity contribution < 1.29 is 0 Å². The fourth-order valence-electron chi connectivity index (χ4n) is 2.43. The maximum atomic E-state index is 5.93. The topological polar surface area (TPSA) is 17.8 Å². The maximum Gasteiger partial charge on any atom is 0.115 e. The van der Waals surface area contributed by atoms with Gasteiger partial charge in [-0.25, -0.2) is 4.98 Å². The van der Waals surface area contributed by atoms with E-state index in [4.69, 9.17) is 16.6 Å². The lowest BCUT2D eigenvalue weighted by Crippen LogP contribution is -2.03. The number of hydrogen-bond acceptors (Lipinski definition) is 1. The first-order valence-corrected chi connectivity index (χ1v) is 7.82. The molecule has 20 heavy (non-hydrogen) atoms. The molecule has 1 aromatic heterocycles. The van der Waals surface area contributed by atoms with Gasteiger partial charge < -0.3 is 0 Å². The molecular weight excluding hydrogens is 336 g/mol. The quantitative estimate of drug-likeness (QED) is 0.616. The molecule has 0 saturated heterocycles. The molecule has 1 heterocycles. The van der Waals surface area contributed by atoms with E-state index in [0.29, 0.717) is 5.88 Å². The molecular formula is C16H14BrClN2. The summed E-state index contributed by atoms with van der Waals surface area (Å²) in [6.07, 6.45) is 0.752. The Bertz CT molecular complexity index is 764. The van der Waals surface area contributed by atoms with Gasteiger partial charge >= 0.3 is 0 Å². The summed E-state index contributed by atoms with van der Waals surface area (Å²) in [4.78, 5) is 4.72. The molecule has 0 saturated carbocycles. The molecule has 2 aromatic carbocycles. The van der Waals surface area contributed by atoms with Gasteiger partial charge in [-0.15, -0.1) is 11.6 Å². The fraction of sp³-hybridized carbons (Fsp3) is 0.188. The average molecular weight is 350 g/mol. The predicted octanol–water partition coefficient (Wildman–Crippen LogP) is 4.88. The number of halogens is 2. The Morgan fingerprint density at radius 2 is 2.00 bits per heavy atom. The number of alkyl halides is 1. The normalized spacial score (nSPS) is 11.2. The number of hydrogen-bond donors (Lipinski definition) is 0. The van der Waals surface area contributed by atoms with Gasteiger partial charge in [0.25, 0.3) is 0 Å². The summed E-state index contributed by atoms with van der Waals surface area (Å²) < 4.78 is 3.26. The average Bonchev–Trinajstić information content (AvgIpc) is 2.77. The van der Waals surface area contributed by atoms with Crippen molar-refractivity contribution in [2.24, 2.45) is 0 Å². The van der Waals surface area contributed by atoms with Crippen molar-refractivity contribution >= 4 is 38.6 Å². The van der Waals surface area contributed by atoms with E-state index in [9.17, 15) is 0 Å². The van der Waals surface area contributed by atoms with E-state index in [1.165, 1.54) is 5.56 Å². The minimum atomic E-state index is 0.566. The van der Waals surface area contributed by atoms with Crippen molar-refractivity contribution in [3.05, 3.63) is 58.3 Å². The first-order chi connectivity index (χ1) is 9.70. The zero-order valence-electron chi connectivity index (χ0n) is 11.1. The van der Waals surface area contributed by atoms with Crippen LogP contribution in [-0.2, 0) is 6.42 Å². The Labute approximate surface area is 131 Å². The SMILES string of the molecule is Cc1ccccc1-n1c(CCCl)nc2ccc(Br)cc21. The van der Waals surface area contributed by atoms with Crippen LogP contribution in [0, 0.1) is 6.92 Å². The van der Waals surface area contributed by atoms with E-state index in [2.05, 4.69) is 57.8 Å². The van der Waals surface area contributed by atoms with Crippen LogP contribution in [0.1, 0.15) is 11.4 Å². The van der Waals surface area contributed by atoms with Gasteiger partial charge in [0, 0.05) is 16.8 Å². The molecule has 0 bridgehead atoms. The van der Waals surface area contributed by atoms with Gasteiger partial charge in [0.2, 0.25) is 0 Å². The third kappa shape index (κ3) is 2.36. The van der Waals surface area contributed by atoms with Crippen molar-refractivity contribution in [3.63, 3.8) is 0 Å². The summed E-state index contributed by atoms with van der Waals surface area (Å²) in [6, 6.07) is 14.5. The van der Waals surface area contributed by atoms with Gasteiger partial charge in [0.05, 0.1) is 16.7 Å². The molecule has 3 aromatic rings. The first kappa shape index (κ1) is 13.7. The van der Waals surface area contributed by atoms with Crippen LogP contribution in [0.2, 0.25) is 0 Å². The van der Waals surface area contributed by atoms with Crippen LogP contribution in [-0.4, -0.2) is 15.4 Å². The number of benzene rings is 2. The lowest BCUT2D eigenvalue weighted by molar-refractivity contribution is 0.907. The van der Waals surface area contributed by atoms with Gasteiger partial charge in [0.15, 0.2) is 0 Å². The summed E-state index contributed by atoms with van der Waals surface area (Å²) in [5, 5.41) is 0. The van der Waals surface area contributed by atoms with Crippen molar-refractivity contribution in [1.29, 1.82) is 0 Å². The standard InChI is InChI=1S/C16H14BrClN2/c1-11-4-2-3-5-14(11)20-15-10-12(17)6-7-13(15)19-16(20)8-9-18/h2-7,10H,8-9H2,1H3. The highest BCUT2D eigenvalue weighted by molar-refractivity contribution is 9.10. The zero-order valence-corrected chi connectivity index (χ0v) is 13.4. The lowest BCUT2D eigenvalue weighted by atomic mass is 10.2. The summed E-state index contributed by atoms with van der Waals surface area (Å²) >= 11 is 9.47. The second-order valence-corrected chi connectivity index (χ2v) is 6.02. The summed E-state index contributed by atoms with van der Waals surface area (Å²) in [7, 11) is 0. The molecule has 0 atom stereocenters. The molecule has 0 unspecified atom stereocenters. The molecule has 0 spiro atoms. The van der Waals surface area contributed by atoms with Crippen LogP contribution in [0.25, 0.3) is 16.7 Å². The maximum absolute atomic E-state index is 5.93. The Morgan fingerprint density at radius 3 is 2.75 bits per heavy atom. The number of nitrogens with zero attached hydrogens (tertiary/aromatic N) is 2. The van der Waals surface area contributed by atoms with Gasteiger partial charge in [-0.2, -0.15) is 0 Å². The minimum Gasteiger partial charge on any atom is -0.296 e. The minimum absolute atomic E-state index is 0.566. The third-order valence-corrected chi connectivity index (χ3v) is 4.04. The molecule has 0 aliphatic heterocycles. The Morgan fingerprint density at radius 1 is 1.20 bits per heavy atom. The van der Waals surface area contributed by atoms with E-state index in [0.717, 1.165) is 33.4 Å². The molecule has 3 rings (SSSR count). The van der Waals surface area contributed by atoms with Gasteiger partial charge in [-0.1, -0.05) is 34.1 Å². The number of aryl methyl sites for hydroxylation is 2. The number of aromatic nitrogens is 2. The highest BCUT2D eigenvalue weighted by atomic mass is 79.9. The fourth-order valence-corrected chi connectivity index (χ4v) is 2.95. The largest absolute Gasteiger partial charge is 0.296 e. The second-order valence-electron chi connectivity index (χ2n) is 4.72. The summed E-state index contributed by atoms with van der Waals surface area (Å²) in [5.74, 6) is 1.57. The lowest BCUT2D eigenvalue weighted by Gasteiger charge is -2.11. The van der Waals surface area contributed by atoms with Crippen molar-refractivity contribution in [2.75, 3.05) is 5.88 Å². The van der Waals surface area contributed by atoms with E-state index in [1.807, 2.05) is 12.1 Å². The summed E-state index contributed by atoms with van der Waals surface area (Å²) in [6.45, 7) is 2.11. The van der Waals surface area contributed by atoms with E-state index in [-0.39, 0.29) is 0 Å². The molecule has 0 amide bonds. The number of fused-ring (bicyclic) bond motifs is 1. The predicted molar refractivity (Wildman–Crippen MR) is 87.9 cm³/mol. The highest BCUT2D eigenvalue weighted by Gasteiger charge is 2.13. The number of rotatable bonds is 3. The molecule has 0 aliphatic carbocycles.